The molecule has 0 radical (unpaired) electrons. The van der Waals surface area contributed by atoms with Gasteiger partial charge in [-0.05, 0) is 24.3 Å². The molecule has 2 rings (SSSR count). The van der Waals surface area contributed by atoms with Crippen LogP contribution in [0.2, 0.25) is 5.02 Å². The van der Waals surface area contributed by atoms with Gasteiger partial charge in [0, 0.05) is 16.8 Å². The molecule has 0 aliphatic rings. The van der Waals surface area contributed by atoms with Crippen LogP contribution < -0.4 is 0 Å². The lowest BCUT2D eigenvalue weighted by molar-refractivity contribution is 0.880. The summed E-state index contributed by atoms with van der Waals surface area (Å²) in [6.07, 6.45) is 3.91. The van der Waals surface area contributed by atoms with E-state index in [0.29, 0.717) is 11.4 Å². The third-order valence-corrected chi connectivity index (χ3v) is 2.26. The summed E-state index contributed by atoms with van der Waals surface area (Å²) in [4.78, 5) is 0. The smallest absolute Gasteiger partial charge is 0.0670 e. The van der Waals surface area contributed by atoms with Gasteiger partial charge in [0.05, 0.1) is 24.4 Å². The Balaban J connectivity index is 2.30. The molecule has 0 unspecified atom stereocenters. The summed E-state index contributed by atoms with van der Waals surface area (Å²) in [5.41, 5.74) is 1.84. The lowest BCUT2D eigenvalue weighted by Crippen LogP contribution is -1.92. The molecule has 0 aliphatic heterocycles. The second kappa shape index (κ2) is 4.16. The van der Waals surface area contributed by atoms with Gasteiger partial charge in [-0.2, -0.15) is 10.4 Å². The zero-order valence-corrected chi connectivity index (χ0v) is 8.65. The average Bonchev–Trinajstić information content (AvgIpc) is 2.68. The van der Waals surface area contributed by atoms with Crippen LogP contribution in [0.5, 0.6) is 0 Å². The number of halogens is 1. The first-order chi connectivity index (χ1) is 7.29. The molecule has 0 amide bonds. The number of rotatable bonds is 2. The van der Waals surface area contributed by atoms with Gasteiger partial charge in [-0.3, -0.25) is 0 Å². The summed E-state index contributed by atoms with van der Waals surface area (Å²) in [5, 5.41) is 13.4. The van der Waals surface area contributed by atoms with Gasteiger partial charge in [0.1, 0.15) is 0 Å². The highest BCUT2D eigenvalue weighted by Crippen LogP contribution is 2.13. The maximum atomic E-state index is 8.53. The van der Waals surface area contributed by atoms with Crippen molar-refractivity contribution in [3.05, 3.63) is 47.2 Å². The van der Waals surface area contributed by atoms with Crippen molar-refractivity contribution in [1.29, 1.82) is 5.26 Å². The quantitative estimate of drug-likeness (QED) is 0.776. The van der Waals surface area contributed by atoms with E-state index in [0.717, 1.165) is 11.3 Å². The standard InChI is InChI=1S/C11H8ClN3/c12-10-1-3-11(4-2-10)15-8-9(5-6-13)7-14-15/h1-4,7-8H,5H2. The Morgan fingerprint density at radius 2 is 2.07 bits per heavy atom. The lowest BCUT2D eigenvalue weighted by atomic mass is 10.3. The molecule has 0 fully saturated rings. The van der Waals surface area contributed by atoms with Crippen molar-refractivity contribution in [2.75, 3.05) is 0 Å². The molecule has 74 valence electrons. The van der Waals surface area contributed by atoms with Gasteiger partial charge in [-0.1, -0.05) is 11.6 Å². The second-order valence-corrected chi connectivity index (χ2v) is 3.54. The van der Waals surface area contributed by atoms with E-state index in [9.17, 15) is 0 Å². The Bertz CT molecular complexity index is 493. The van der Waals surface area contributed by atoms with E-state index in [1.54, 1.807) is 10.9 Å². The highest BCUT2D eigenvalue weighted by Gasteiger charge is 2.00. The zero-order valence-electron chi connectivity index (χ0n) is 7.89. The Morgan fingerprint density at radius 1 is 1.33 bits per heavy atom. The molecule has 0 N–H and O–H groups in total. The van der Waals surface area contributed by atoms with Crippen molar-refractivity contribution in [1.82, 2.24) is 9.78 Å². The van der Waals surface area contributed by atoms with Gasteiger partial charge in [0.15, 0.2) is 0 Å². The third kappa shape index (κ3) is 2.17. The molecule has 1 aromatic carbocycles. The Labute approximate surface area is 92.5 Å². The van der Waals surface area contributed by atoms with Crippen molar-refractivity contribution in [3.8, 4) is 11.8 Å². The number of aromatic nitrogens is 2. The summed E-state index contributed by atoms with van der Waals surface area (Å²) in [6, 6.07) is 9.46. The first-order valence-electron chi connectivity index (χ1n) is 4.46. The Hall–Kier alpha value is -1.79. The van der Waals surface area contributed by atoms with Gasteiger partial charge in [-0.15, -0.1) is 0 Å². The van der Waals surface area contributed by atoms with Crippen LogP contribution in [0.1, 0.15) is 5.56 Å². The molecule has 0 aliphatic carbocycles. The molecular weight excluding hydrogens is 210 g/mol. The Kier molecular flexibility index (Phi) is 2.70. The average molecular weight is 218 g/mol. The highest BCUT2D eigenvalue weighted by molar-refractivity contribution is 6.30. The van der Waals surface area contributed by atoms with E-state index in [4.69, 9.17) is 16.9 Å². The number of nitrogens with zero attached hydrogens (tertiary/aromatic N) is 3. The first kappa shape index (κ1) is 9.75. The van der Waals surface area contributed by atoms with Crippen molar-refractivity contribution in [3.63, 3.8) is 0 Å². The molecule has 0 bridgehead atoms. The predicted octanol–water partition coefficient (Wildman–Crippen LogP) is 2.59. The topological polar surface area (TPSA) is 41.6 Å². The van der Waals surface area contributed by atoms with E-state index in [2.05, 4.69) is 11.2 Å². The minimum Gasteiger partial charge on any atom is -0.241 e. The minimum atomic E-state index is 0.383. The molecule has 3 nitrogen and oxygen atoms in total. The van der Waals surface area contributed by atoms with Crippen LogP contribution in [0.3, 0.4) is 0 Å². The minimum absolute atomic E-state index is 0.383. The van der Waals surface area contributed by atoms with Gasteiger partial charge >= 0.3 is 0 Å². The van der Waals surface area contributed by atoms with Gasteiger partial charge in [0.25, 0.3) is 0 Å². The van der Waals surface area contributed by atoms with Gasteiger partial charge < -0.3 is 0 Å². The molecule has 2 aromatic rings. The number of nitriles is 1. The van der Waals surface area contributed by atoms with Crippen molar-refractivity contribution in [2.45, 2.75) is 6.42 Å². The largest absolute Gasteiger partial charge is 0.241 e. The fourth-order valence-electron chi connectivity index (χ4n) is 1.28. The zero-order chi connectivity index (χ0) is 10.7. The van der Waals surface area contributed by atoms with Gasteiger partial charge in [-0.25, -0.2) is 4.68 Å². The molecule has 0 saturated carbocycles. The second-order valence-electron chi connectivity index (χ2n) is 3.10. The van der Waals surface area contributed by atoms with Crippen LogP contribution in [-0.4, -0.2) is 9.78 Å². The molecule has 1 heterocycles. The summed E-state index contributed by atoms with van der Waals surface area (Å²) in [5.74, 6) is 0. The van der Waals surface area contributed by atoms with Crippen molar-refractivity contribution >= 4 is 11.6 Å². The molecular formula is C11H8ClN3. The van der Waals surface area contributed by atoms with Crippen LogP contribution in [0.15, 0.2) is 36.7 Å². The highest BCUT2D eigenvalue weighted by atomic mass is 35.5. The van der Waals surface area contributed by atoms with Crippen LogP contribution in [-0.2, 0) is 6.42 Å². The number of hydrogen-bond acceptors (Lipinski definition) is 2. The lowest BCUT2D eigenvalue weighted by Gasteiger charge is -1.99. The molecule has 15 heavy (non-hydrogen) atoms. The van der Waals surface area contributed by atoms with E-state index >= 15 is 0 Å². The maximum absolute atomic E-state index is 8.53. The summed E-state index contributed by atoms with van der Waals surface area (Å²) in [6.45, 7) is 0. The van der Waals surface area contributed by atoms with Crippen LogP contribution >= 0.6 is 11.6 Å². The fraction of sp³-hybridized carbons (Fsp3) is 0.0909. The predicted molar refractivity (Wildman–Crippen MR) is 57.9 cm³/mol. The number of benzene rings is 1. The van der Waals surface area contributed by atoms with Crippen molar-refractivity contribution in [2.24, 2.45) is 0 Å². The van der Waals surface area contributed by atoms with E-state index < -0.39 is 0 Å². The number of hydrogen-bond donors (Lipinski definition) is 0. The molecule has 0 saturated heterocycles. The van der Waals surface area contributed by atoms with Crippen molar-refractivity contribution < 1.29 is 0 Å². The summed E-state index contributed by atoms with van der Waals surface area (Å²) in [7, 11) is 0. The van der Waals surface area contributed by atoms with E-state index in [-0.39, 0.29) is 0 Å². The normalized spacial score (nSPS) is 9.87. The van der Waals surface area contributed by atoms with Crippen LogP contribution in [0.4, 0.5) is 0 Å². The van der Waals surface area contributed by atoms with E-state index in [1.807, 2.05) is 30.5 Å². The fourth-order valence-corrected chi connectivity index (χ4v) is 1.40. The molecule has 0 spiro atoms. The first-order valence-corrected chi connectivity index (χ1v) is 4.84. The SMILES string of the molecule is N#CCc1cnn(-c2ccc(Cl)cc2)c1. The Morgan fingerprint density at radius 3 is 2.73 bits per heavy atom. The van der Waals surface area contributed by atoms with Crippen LogP contribution in [0, 0.1) is 11.3 Å². The van der Waals surface area contributed by atoms with E-state index in [1.165, 1.54) is 0 Å². The molecule has 1 aromatic heterocycles. The monoisotopic (exact) mass is 217 g/mol. The molecule has 4 heteroatoms. The van der Waals surface area contributed by atoms with Crippen LogP contribution in [0.25, 0.3) is 5.69 Å². The van der Waals surface area contributed by atoms with Gasteiger partial charge in [0.2, 0.25) is 0 Å². The molecule has 0 atom stereocenters. The maximum Gasteiger partial charge on any atom is 0.0670 e. The summed E-state index contributed by atoms with van der Waals surface area (Å²) < 4.78 is 1.73. The summed E-state index contributed by atoms with van der Waals surface area (Å²) >= 11 is 5.78. The third-order valence-electron chi connectivity index (χ3n) is 2.01.